The summed E-state index contributed by atoms with van der Waals surface area (Å²) in [7, 11) is 1.42. The molecule has 114 valence electrons. The summed E-state index contributed by atoms with van der Waals surface area (Å²) in [6.45, 7) is 0. The van der Waals surface area contributed by atoms with Crippen LogP contribution in [0.2, 0.25) is 0 Å². The zero-order valence-corrected chi connectivity index (χ0v) is 12.5. The predicted octanol–water partition coefficient (Wildman–Crippen LogP) is 2.45. The van der Waals surface area contributed by atoms with E-state index in [9.17, 15) is 4.79 Å². The van der Waals surface area contributed by atoms with Gasteiger partial charge in [0.05, 0.1) is 7.11 Å². The Morgan fingerprint density at radius 1 is 1.19 bits per heavy atom. The smallest absolute Gasteiger partial charge is 0.305 e. The molecule has 1 aromatic rings. The number of hydrogen-bond donors (Lipinski definition) is 1. The Labute approximate surface area is 125 Å². The Morgan fingerprint density at radius 2 is 1.86 bits per heavy atom. The highest BCUT2D eigenvalue weighted by atomic mass is 16.5. The van der Waals surface area contributed by atoms with Crippen LogP contribution in [0.1, 0.15) is 37.7 Å². The summed E-state index contributed by atoms with van der Waals surface area (Å²) in [4.78, 5) is 11.1. The van der Waals surface area contributed by atoms with Crippen LogP contribution in [0.15, 0.2) is 24.3 Å². The number of ether oxygens (including phenoxy) is 2. The number of benzene rings is 1. The molecule has 0 amide bonds. The second-order valence-electron chi connectivity index (χ2n) is 6.07. The highest BCUT2D eigenvalue weighted by molar-refractivity contribution is 5.69. The van der Waals surface area contributed by atoms with Crippen LogP contribution in [-0.2, 0) is 16.0 Å². The van der Waals surface area contributed by atoms with Crippen molar-refractivity contribution in [1.82, 2.24) is 5.32 Å². The number of piperidine rings is 1. The molecule has 2 bridgehead atoms. The summed E-state index contributed by atoms with van der Waals surface area (Å²) < 4.78 is 10.8. The lowest BCUT2D eigenvalue weighted by atomic mass is 10.0. The lowest BCUT2D eigenvalue weighted by Crippen LogP contribution is -2.42. The number of methoxy groups -OCH3 is 1. The fourth-order valence-electron chi connectivity index (χ4n) is 3.38. The molecule has 2 fully saturated rings. The van der Waals surface area contributed by atoms with Crippen molar-refractivity contribution in [2.75, 3.05) is 7.11 Å². The molecule has 2 heterocycles. The second kappa shape index (κ2) is 6.48. The Morgan fingerprint density at radius 3 is 2.48 bits per heavy atom. The van der Waals surface area contributed by atoms with Gasteiger partial charge in [-0.1, -0.05) is 12.1 Å². The van der Waals surface area contributed by atoms with Crippen LogP contribution in [0.5, 0.6) is 5.75 Å². The minimum atomic E-state index is -0.166. The van der Waals surface area contributed by atoms with Crippen LogP contribution in [0, 0.1) is 0 Å². The highest BCUT2D eigenvalue weighted by Crippen LogP contribution is 2.29. The minimum absolute atomic E-state index is 0.166. The molecular formula is C17H23NO3. The number of aryl methyl sites for hydroxylation is 1. The molecular weight excluding hydrogens is 266 g/mol. The Balaban J connectivity index is 1.51. The topological polar surface area (TPSA) is 47.6 Å². The van der Waals surface area contributed by atoms with E-state index in [4.69, 9.17) is 4.74 Å². The van der Waals surface area contributed by atoms with Gasteiger partial charge in [0.25, 0.3) is 0 Å². The van der Waals surface area contributed by atoms with E-state index >= 15 is 0 Å². The molecule has 4 nitrogen and oxygen atoms in total. The van der Waals surface area contributed by atoms with E-state index in [-0.39, 0.29) is 5.97 Å². The van der Waals surface area contributed by atoms with Gasteiger partial charge in [-0.25, -0.2) is 0 Å². The third kappa shape index (κ3) is 3.76. The quantitative estimate of drug-likeness (QED) is 0.846. The van der Waals surface area contributed by atoms with Crippen molar-refractivity contribution >= 4 is 5.97 Å². The number of carbonyl (C=O) groups is 1. The number of carbonyl (C=O) groups excluding carboxylic acids is 1. The normalized spacial score (nSPS) is 27.4. The van der Waals surface area contributed by atoms with Crippen molar-refractivity contribution < 1.29 is 14.3 Å². The molecule has 2 atom stereocenters. The van der Waals surface area contributed by atoms with E-state index in [1.807, 2.05) is 24.3 Å². The molecule has 3 rings (SSSR count). The molecule has 4 heteroatoms. The average Bonchev–Trinajstić information content (AvgIpc) is 2.85. The van der Waals surface area contributed by atoms with Gasteiger partial charge in [0.1, 0.15) is 11.9 Å². The van der Waals surface area contributed by atoms with E-state index < -0.39 is 0 Å². The molecule has 2 aliphatic rings. The fourth-order valence-corrected chi connectivity index (χ4v) is 3.38. The molecule has 0 saturated carbocycles. The summed E-state index contributed by atoms with van der Waals surface area (Å²) in [6.07, 6.45) is 6.28. The zero-order valence-electron chi connectivity index (χ0n) is 12.5. The first-order valence-electron chi connectivity index (χ1n) is 7.81. The van der Waals surface area contributed by atoms with E-state index in [2.05, 4.69) is 10.1 Å². The molecule has 1 N–H and O–H groups in total. The van der Waals surface area contributed by atoms with Crippen LogP contribution in [0.25, 0.3) is 0 Å². The van der Waals surface area contributed by atoms with Crippen LogP contribution < -0.4 is 10.1 Å². The summed E-state index contributed by atoms with van der Waals surface area (Å²) >= 11 is 0. The van der Waals surface area contributed by atoms with Gasteiger partial charge in [-0.3, -0.25) is 4.79 Å². The maximum absolute atomic E-state index is 11.1. The number of esters is 1. The van der Waals surface area contributed by atoms with Gasteiger partial charge in [0, 0.05) is 18.5 Å². The van der Waals surface area contributed by atoms with Crippen molar-refractivity contribution in [1.29, 1.82) is 0 Å². The number of nitrogens with one attached hydrogen (secondary N) is 1. The van der Waals surface area contributed by atoms with Crippen LogP contribution in [0.3, 0.4) is 0 Å². The highest BCUT2D eigenvalue weighted by Gasteiger charge is 2.34. The molecule has 1 aromatic carbocycles. The van der Waals surface area contributed by atoms with Crippen molar-refractivity contribution in [3.05, 3.63) is 29.8 Å². The standard InChI is InChI=1S/C17H23NO3/c1-20-17(19)9-4-12-2-7-15(8-3-12)21-16-10-13-5-6-14(11-16)18-13/h2-3,7-8,13-14,16,18H,4-6,9-11H2,1H3. The van der Waals surface area contributed by atoms with Crippen molar-refractivity contribution in [3.8, 4) is 5.75 Å². The first kappa shape index (κ1) is 14.4. The Bertz CT molecular complexity index is 473. The van der Waals surface area contributed by atoms with E-state index in [0.717, 1.165) is 24.2 Å². The molecule has 2 aliphatic heterocycles. The summed E-state index contributed by atoms with van der Waals surface area (Å²) in [5, 5.41) is 3.62. The second-order valence-corrected chi connectivity index (χ2v) is 6.07. The molecule has 21 heavy (non-hydrogen) atoms. The molecule has 0 radical (unpaired) electrons. The van der Waals surface area contributed by atoms with Crippen LogP contribution >= 0.6 is 0 Å². The lowest BCUT2D eigenvalue weighted by molar-refractivity contribution is -0.140. The molecule has 0 aromatic heterocycles. The van der Waals surface area contributed by atoms with E-state index in [1.54, 1.807) is 0 Å². The summed E-state index contributed by atoms with van der Waals surface area (Å²) in [5.74, 6) is 0.767. The van der Waals surface area contributed by atoms with Crippen LogP contribution in [-0.4, -0.2) is 31.3 Å². The third-order valence-corrected chi connectivity index (χ3v) is 4.50. The summed E-state index contributed by atoms with van der Waals surface area (Å²) in [6, 6.07) is 9.39. The average molecular weight is 289 g/mol. The van der Waals surface area contributed by atoms with Gasteiger partial charge in [0.15, 0.2) is 0 Å². The van der Waals surface area contributed by atoms with Gasteiger partial charge in [-0.15, -0.1) is 0 Å². The maximum Gasteiger partial charge on any atom is 0.305 e. The fraction of sp³-hybridized carbons (Fsp3) is 0.588. The first-order chi connectivity index (χ1) is 10.2. The van der Waals surface area contributed by atoms with Gasteiger partial charge in [-0.05, 0) is 49.8 Å². The molecule has 0 aliphatic carbocycles. The minimum Gasteiger partial charge on any atom is -0.490 e. The van der Waals surface area contributed by atoms with E-state index in [1.165, 1.54) is 20.0 Å². The van der Waals surface area contributed by atoms with Crippen molar-refractivity contribution in [3.63, 3.8) is 0 Å². The zero-order chi connectivity index (χ0) is 14.7. The van der Waals surface area contributed by atoms with Gasteiger partial charge < -0.3 is 14.8 Å². The predicted molar refractivity (Wildman–Crippen MR) is 80.4 cm³/mol. The Kier molecular flexibility index (Phi) is 4.44. The van der Waals surface area contributed by atoms with Gasteiger partial charge in [-0.2, -0.15) is 0 Å². The maximum atomic E-state index is 11.1. The number of rotatable bonds is 5. The van der Waals surface area contributed by atoms with Crippen molar-refractivity contribution in [2.45, 2.75) is 56.7 Å². The molecule has 2 saturated heterocycles. The summed E-state index contributed by atoms with van der Waals surface area (Å²) in [5.41, 5.74) is 1.14. The Hall–Kier alpha value is -1.55. The monoisotopic (exact) mass is 289 g/mol. The largest absolute Gasteiger partial charge is 0.490 e. The third-order valence-electron chi connectivity index (χ3n) is 4.50. The number of hydrogen-bond acceptors (Lipinski definition) is 4. The van der Waals surface area contributed by atoms with Crippen LogP contribution in [0.4, 0.5) is 0 Å². The number of fused-ring (bicyclic) bond motifs is 2. The SMILES string of the molecule is COC(=O)CCc1ccc(OC2CC3CCC(C2)N3)cc1. The molecule has 2 unspecified atom stereocenters. The van der Waals surface area contributed by atoms with Gasteiger partial charge >= 0.3 is 5.97 Å². The van der Waals surface area contributed by atoms with E-state index in [0.29, 0.717) is 31.0 Å². The van der Waals surface area contributed by atoms with Crippen molar-refractivity contribution in [2.24, 2.45) is 0 Å². The van der Waals surface area contributed by atoms with Gasteiger partial charge in [0.2, 0.25) is 0 Å². The molecule has 0 spiro atoms. The lowest BCUT2D eigenvalue weighted by Gasteiger charge is -2.29. The first-order valence-corrected chi connectivity index (χ1v) is 7.81.